The fourth-order valence-electron chi connectivity index (χ4n) is 3.21. The van der Waals surface area contributed by atoms with Crippen molar-refractivity contribution in [2.75, 3.05) is 18.0 Å². The molecular weight excluding hydrogens is 474 g/mol. The van der Waals surface area contributed by atoms with Crippen molar-refractivity contribution in [1.29, 1.82) is 0 Å². The molecule has 34 heavy (non-hydrogen) atoms. The molecule has 0 aliphatic rings. The normalized spacial score (nSPS) is 12.2. The summed E-state index contributed by atoms with van der Waals surface area (Å²) in [4.78, 5) is 16.3. The Morgan fingerprint density at radius 2 is 1.88 bits per heavy atom. The summed E-state index contributed by atoms with van der Waals surface area (Å²) < 4.78 is 34.0. The summed E-state index contributed by atoms with van der Waals surface area (Å²) in [6.07, 6.45) is 3.08. The number of carbonyl (C=O) groups excluding carboxylic acids is 1. The van der Waals surface area contributed by atoms with Crippen LogP contribution < -0.4 is 14.4 Å². The lowest BCUT2D eigenvalue weighted by Gasteiger charge is -2.19. The molecule has 0 aliphatic heterocycles. The molecular formula is C23H23N5O4S2. The second-order valence-corrected chi connectivity index (χ2v) is 10.6. The van der Waals surface area contributed by atoms with Crippen molar-refractivity contribution >= 4 is 33.0 Å². The zero-order valence-corrected chi connectivity index (χ0v) is 20.2. The second-order valence-electron chi connectivity index (χ2n) is 7.41. The first-order chi connectivity index (χ1) is 16.3. The monoisotopic (exact) mass is 497 g/mol. The Kier molecular flexibility index (Phi) is 6.94. The smallest absolute Gasteiger partial charge is 0.273 e. The number of thiophene rings is 1. The van der Waals surface area contributed by atoms with E-state index in [1.807, 2.05) is 31.2 Å². The predicted molar refractivity (Wildman–Crippen MR) is 130 cm³/mol. The van der Waals surface area contributed by atoms with Gasteiger partial charge in [-0.05, 0) is 60.3 Å². The van der Waals surface area contributed by atoms with Gasteiger partial charge in [0.2, 0.25) is 0 Å². The predicted octanol–water partition coefficient (Wildman–Crippen LogP) is 3.41. The van der Waals surface area contributed by atoms with Gasteiger partial charge in [0.1, 0.15) is 22.6 Å². The molecule has 2 heterocycles. The molecule has 1 N–H and O–H groups in total. The minimum atomic E-state index is -3.60. The Morgan fingerprint density at radius 3 is 2.50 bits per heavy atom. The van der Waals surface area contributed by atoms with Crippen LogP contribution in [0.1, 0.15) is 18.5 Å². The molecule has 0 saturated carbocycles. The molecule has 4 rings (SSSR count). The first-order valence-electron chi connectivity index (χ1n) is 10.3. The van der Waals surface area contributed by atoms with E-state index in [2.05, 4.69) is 15.4 Å². The number of hydrogen-bond acceptors (Lipinski definition) is 7. The fourth-order valence-corrected chi connectivity index (χ4v) is 5.57. The number of aromatic nitrogens is 3. The molecule has 2 aromatic carbocycles. The van der Waals surface area contributed by atoms with E-state index in [-0.39, 0.29) is 22.8 Å². The molecule has 2 aromatic heterocycles. The number of nitrogens with one attached hydrogen (secondary N) is 1. The zero-order valence-electron chi connectivity index (χ0n) is 18.5. The quantitative estimate of drug-likeness (QED) is 0.380. The number of sulfonamides is 1. The van der Waals surface area contributed by atoms with Crippen LogP contribution in [0.2, 0.25) is 0 Å². The lowest BCUT2D eigenvalue weighted by Crippen LogP contribution is -2.31. The Bertz CT molecular complexity index is 1320. The third-order valence-electron chi connectivity index (χ3n) is 5.13. The number of rotatable bonds is 9. The number of benzene rings is 2. The number of amides is 1. The minimum absolute atomic E-state index is 0.163. The van der Waals surface area contributed by atoms with Crippen molar-refractivity contribution in [2.45, 2.75) is 17.2 Å². The number of anilines is 1. The van der Waals surface area contributed by atoms with Crippen molar-refractivity contribution in [2.24, 2.45) is 0 Å². The molecule has 0 aliphatic carbocycles. The molecule has 0 bridgehead atoms. The highest BCUT2D eigenvalue weighted by molar-refractivity contribution is 7.94. The van der Waals surface area contributed by atoms with Gasteiger partial charge in [0.25, 0.3) is 15.9 Å². The number of nitrogens with zero attached hydrogens (tertiary/aromatic N) is 4. The fraction of sp³-hybridized carbons (Fsp3) is 0.174. The molecule has 9 nitrogen and oxygen atoms in total. The Hall–Kier alpha value is -3.70. The van der Waals surface area contributed by atoms with Crippen LogP contribution in [0.15, 0.2) is 82.9 Å². The van der Waals surface area contributed by atoms with Crippen LogP contribution in [-0.4, -0.2) is 42.7 Å². The summed E-state index contributed by atoms with van der Waals surface area (Å²) >= 11 is 1.17. The van der Waals surface area contributed by atoms with E-state index in [0.717, 1.165) is 11.3 Å². The van der Waals surface area contributed by atoms with Crippen molar-refractivity contribution in [1.82, 2.24) is 20.1 Å². The van der Waals surface area contributed by atoms with Crippen LogP contribution in [0.4, 0.5) is 5.69 Å². The van der Waals surface area contributed by atoms with Crippen LogP contribution >= 0.6 is 11.3 Å². The summed E-state index contributed by atoms with van der Waals surface area (Å²) in [5.74, 6) is 0.194. The summed E-state index contributed by atoms with van der Waals surface area (Å²) in [6.45, 7) is 1.73. The van der Waals surface area contributed by atoms with Gasteiger partial charge in [-0.2, -0.15) is 5.10 Å². The highest BCUT2D eigenvalue weighted by Crippen LogP contribution is 2.26. The molecule has 0 saturated heterocycles. The van der Waals surface area contributed by atoms with Crippen LogP contribution in [0.5, 0.6) is 5.75 Å². The van der Waals surface area contributed by atoms with Crippen molar-refractivity contribution in [3.05, 3.63) is 84.3 Å². The van der Waals surface area contributed by atoms with Crippen LogP contribution in [-0.2, 0) is 14.8 Å². The van der Waals surface area contributed by atoms with E-state index in [1.54, 1.807) is 52.8 Å². The minimum Gasteiger partial charge on any atom is -0.484 e. The maximum absolute atomic E-state index is 12.6. The highest BCUT2D eigenvalue weighted by atomic mass is 32.2. The van der Waals surface area contributed by atoms with Gasteiger partial charge in [-0.25, -0.2) is 18.1 Å². The van der Waals surface area contributed by atoms with Gasteiger partial charge in [-0.3, -0.25) is 9.10 Å². The zero-order chi connectivity index (χ0) is 24.1. The first-order valence-corrected chi connectivity index (χ1v) is 12.7. The molecule has 0 fully saturated rings. The van der Waals surface area contributed by atoms with Crippen molar-refractivity contribution < 1.29 is 17.9 Å². The molecule has 1 amide bonds. The summed E-state index contributed by atoms with van der Waals surface area (Å²) in [5, 5.41) is 8.71. The van der Waals surface area contributed by atoms with Crippen molar-refractivity contribution in [3.8, 4) is 11.4 Å². The van der Waals surface area contributed by atoms with Gasteiger partial charge in [-0.1, -0.05) is 18.2 Å². The van der Waals surface area contributed by atoms with Gasteiger partial charge in [-0.15, -0.1) is 11.3 Å². The Labute approximate surface area is 201 Å². The number of hydrogen-bond donors (Lipinski definition) is 1. The maximum Gasteiger partial charge on any atom is 0.273 e. The highest BCUT2D eigenvalue weighted by Gasteiger charge is 2.22. The average Bonchev–Trinajstić information content (AvgIpc) is 3.58. The second kappa shape index (κ2) is 10.1. The van der Waals surface area contributed by atoms with E-state index in [4.69, 9.17) is 4.74 Å². The topological polar surface area (TPSA) is 106 Å². The Balaban J connectivity index is 1.30. The van der Waals surface area contributed by atoms with Crippen molar-refractivity contribution in [3.63, 3.8) is 0 Å². The maximum atomic E-state index is 12.6. The van der Waals surface area contributed by atoms with Crippen LogP contribution in [0, 0.1) is 0 Å². The summed E-state index contributed by atoms with van der Waals surface area (Å²) in [6, 6.07) is 17.2. The molecule has 11 heteroatoms. The van der Waals surface area contributed by atoms with Gasteiger partial charge < -0.3 is 10.1 Å². The van der Waals surface area contributed by atoms with Gasteiger partial charge in [0.15, 0.2) is 6.61 Å². The lowest BCUT2D eigenvalue weighted by atomic mass is 10.1. The van der Waals surface area contributed by atoms with Gasteiger partial charge in [0, 0.05) is 7.05 Å². The van der Waals surface area contributed by atoms with E-state index < -0.39 is 10.0 Å². The van der Waals surface area contributed by atoms with Gasteiger partial charge >= 0.3 is 0 Å². The van der Waals surface area contributed by atoms with E-state index in [1.165, 1.54) is 29.0 Å². The van der Waals surface area contributed by atoms with E-state index in [9.17, 15) is 13.2 Å². The standard InChI is InChI=1S/C23H23N5O4S2/c1-17(18-5-7-20(8-6-18)28-16-24-15-25-28)26-22(29)14-32-21-11-9-19(10-12-21)27(2)34(30,31)23-4-3-13-33-23/h3-13,15-17H,14H2,1-2H3,(H,26,29). The third kappa shape index (κ3) is 5.26. The Morgan fingerprint density at radius 1 is 1.15 bits per heavy atom. The molecule has 1 unspecified atom stereocenters. The summed E-state index contributed by atoms with van der Waals surface area (Å²) in [7, 11) is -2.11. The average molecular weight is 498 g/mol. The lowest BCUT2D eigenvalue weighted by molar-refractivity contribution is -0.123. The summed E-state index contributed by atoms with van der Waals surface area (Å²) in [5.41, 5.74) is 2.31. The third-order valence-corrected chi connectivity index (χ3v) is 8.29. The molecule has 0 spiro atoms. The molecule has 1 atom stereocenters. The van der Waals surface area contributed by atoms with Gasteiger partial charge in [0.05, 0.1) is 17.4 Å². The number of carbonyl (C=O) groups is 1. The van der Waals surface area contributed by atoms with Crippen LogP contribution in [0.25, 0.3) is 5.69 Å². The molecule has 176 valence electrons. The molecule has 4 aromatic rings. The first kappa shape index (κ1) is 23.5. The van der Waals surface area contributed by atoms with E-state index in [0.29, 0.717) is 11.4 Å². The number of ether oxygens (including phenoxy) is 1. The largest absolute Gasteiger partial charge is 0.484 e. The van der Waals surface area contributed by atoms with Crippen LogP contribution in [0.3, 0.4) is 0 Å². The SMILES string of the molecule is CC(NC(=O)COc1ccc(N(C)S(=O)(=O)c2cccs2)cc1)c1ccc(-n2cncn2)cc1. The van der Waals surface area contributed by atoms with E-state index >= 15 is 0 Å². The molecule has 0 radical (unpaired) electrons.